The molecule has 0 aliphatic carbocycles. The van der Waals surface area contributed by atoms with Gasteiger partial charge in [0.25, 0.3) is 0 Å². The summed E-state index contributed by atoms with van der Waals surface area (Å²) in [6, 6.07) is 2.15. The van der Waals surface area contributed by atoms with Gasteiger partial charge in [-0.3, -0.25) is 4.90 Å². The van der Waals surface area contributed by atoms with Crippen LogP contribution >= 0.6 is 39.7 Å². The Labute approximate surface area is 122 Å². The first-order valence-electron chi connectivity index (χ1n) is 5.88. The predicted octanol–water partition coefficient (Wildman–Crippen LogP) is 3.36. The van der Waals surface area contributed by atoms with Crippen molar-refractivity contribution < 1.29 is 0 Å². The molecule has 1 aromatic heterocycles. The summed E-state index contributed by atoms with van der Waals surface area (Å²) in [6.07, 6.45) is 2.67. The van der Waals surface area contributed by atoms with Crippen molar-refractivity contribution in [1.82, 2.24) is 10.2 Å². The molecule has 0 radical (unpaired) electrons. The molecule has 0 amide bonds. The van der Waals surface area contributed by atoms with Crippen molar-refractivity contribution in [2.45, 2.75) is 19.4 Å². The van der Waals surface area contributed by atoms with Gasteiger partial charge in [0.15, 0.2) is 0 Å². The lowest BCUT2D eigenvalue weighted by atomic mass is 9.97. The molecule has 1 aliphatic rings. The minimum atomic E-state index is 0. The lowest BCUT2D eigenvalue weighted by molar-refractivity contribution is 0.178. The number of nitrogens with one attached hydrogen (secondary N) is 1. The van der Waals surface area contributed by atoms with Crippen molar-refractivity contribution in [2.75, 3.05) is 26.7 Å². The van der Waals surface area contributed by atoms with Crippen LogP contribution in [0, 0.1) is 5.92 Å². The fraction of sp³-hybridized carbons (Fsp3) is 0.667. The van der Waals surface area contributed by atoms with Crippen LogP contribution in [0.1, 0.15) is 17.7 Å². The molecule has 1 aromatic rings. The zero-order valence-electron chi connectivity index (χ0n) is 10.1. The first kappa shape index (κ1) is 15.4. The lowest BCUT2D eigenvalue weighted by Gasteiger charge is -2.31. The Morgan fingerprint density at radius 3 is 2.71 bits per heavy atom. The highest BCUT2D eigenvalue weighted by atomic mass is 79.9. The Morgan fingerprint density at radius 2 is 2.18 bits per heavy atom. The van der Waals surface area contributed by atoms with Gasteiger partial charge in [0.2, 0.25) is 0 Å². The van der Waals surface area contributed by atoms with E-state index in [1.54, 1.807) is 0 Å². The van der Waals surface area contributed by atoms with E-state index in [0.29, 0.717) is 0 Å². The summed E-state index contributed by atoms with van der Waals surface area (Å²) in [7, 11) is 2.05. The third kappa shape index (κ3) is 4.52. The second-order valence-electron chi connectivity index (χ2n) is 4.47. The van der Waals surface area contributed by atoms with E-state index >= 15 is 0 Å². The number of halogens is 2. The quantitative estimate of drug-likeness (QED) is 0.905. The van der Waals surface area contributed by atoms with E-state index in [1.165, 1.54) is 41.8 Å². The largest absolute Gasteiger partial charge is 0.319 e. The predicted molar refractivity (Wildman–Crippen MR) is 81.2 cm³/mol. The highest BCUT2D eigenvalue weighted by Gasteiger charge is 2.19. The molecule has 0 saturated carbocycles. The van der Waals surface area contributed by atoms with E-state index in [2.05, 4.69) is 44.6 Å². The highest BCUT2D eigenvalue weighted by Crippen LogP contribution is 2.26. The summed E-state index contributed by atoms with van der Waals surface area (Å²) >= 11 is 5.46. The van der Waals surface area contributed by atoms with Crippen molar-refractivity contribution in [2.24, 2.45) is 5.92 Å². The van der Waals surface area contributed by atoms with Gasteiger partial charge in [-0.15, -0.1) is 23.7 Å². The zero-order chi connectivity index (χ0) is 11.4. The van der Waals surface area contributed by atoms with Gasteiger partial charge in [-0.05, 0) is 72.8 Å². The zero-order valence-corrected chi connectivity index (χ0v) is 13.3. The van der Waals surface area contributed by atoms with Crippen LogP contribution in [0.3, 0.4) is 0 Å². The fourth-order valence-electron chi connectivity index (χ4n) is 2.28. The Hall–Kier alpha value is 0.390. The maximum Gasteiger partial charge on any atom is 0.0339 e. The minimum absolute atomic E-state index is 0. The standard InChI is InChI=1S/C12H19BrN2S.ClH/c1-14-8-10-2-5-15(6-3-10)9-12-11(13)4-7-16-12;/h4,7,10,14H,2-3,5-6,8-9H2,1H3;1H. The molecule has 0 bridgehead atoms. The molecule has 0 aromatic carbocycles. The molecule has 2 rings (SSSR count). The normalized spacial score (nSPS) is 18.0. The van der Waals surface area contributed by atoms with Crippen LogP contribution in [0.5, 0.6) is 0 Å². The summed E-state index contributed by atoms with van der Waals surface area (Å²) < 4.78 is 1.27. The van der Waals surface area contributed by atoms with Crippen molar-refractivity contribution in [3.8, 4) is 0 Å². The molecule has 0 unspecified atom stereocenters. The van der Waals surface area contributed by atoms with Gasteiger partial charge in [0, 0.05) is 15.9 Å². The second-order valence-corrected chi connectivity index (χ2v) is 6.32. The molecule has 98 valence electrons. The summed E-state index contributed by atoms with van der Waals surface area (Å²) in [5, 5.41) is 5.44. The monoisotopic (exact) mass is 338 g/mol. The van der Waals surface area contributed by atoms with Gasteiger partial charge in [-0.25, -0.2) is 0 Å². The van der Waals surface area contributed by atoms with Crippen molar-refractivity contribution in [3.05, 3.63) is 20.8 Å². The van der Waals surface area contributed by atoms with E-state index in [9.17, 15) is 0 Å². The van der Waals surface area contributed by atoms with Crippen molar-refractivity contribution in [1.29, 1.82) is 0 Å². The number of piperidine rings is 1. The molecule has 1 aliphatic heterocycles. The molecule has 0 spiro atoms. The number of hydrogen-bond donors (Lipinski definition) is 1. The number of rotatable bonds is 4. The molecule has 1 fully saturated rings. The average molecular weight is 340 g/mol. The second kappa shape index (κ2) is 7.74. The Bertz CT molecular complexity index is 324. The lowest BCUT2D eigenvalue weighted by Crippen LogP contribution is -2.36. The summed E-state index contributed by atoms with van der Waals surface area (Å²) in [5.41, 5.74) is 0. The van der Waals surface area contributed by atoms with Gasteiger partial charge in [-0.2, -0.15) is 0 Å². The SMILES string of the molecule is CNCC1CCN(Cc2sccc2Br)CC1.Cl. The molecule has 2 heterocycles. The van der Waals surface area contributed by atoms with Crippen LogP contribution in [0.2, 0.25) is 0 Å². The van der Waals surface area contributed by atoms with Crippen LogP contribution in [-0.4, -0.2) is 31.6 Å². The van der Waals surface area contributed by atoms with E-state index in [-0.39, 0.29) is 12.4 Å². The number of thiophene rings is 1. The molecule has 5 heteroatoms. The molecular formula is C12H20BrClN2S. The van der Waals surface area contributed by atoms with Gasteiger partial charge < -0.3 is 5.32 Å². The fourth-order valence-corrected chi connectivity index (χ4v) is 3.80. The van der Waals surface area contributed by atoms with E-state index < -0.39 is 0 Å². The van der Waals surface area contributed by atoms with E-state index in [4.69, 9.17) is 0 Å². The maximum atomic E-state index is 3.60. The molecule has 1 N–H and O–H groups in total. The highest BCUT2D eigenvalue weighted by molar-refractivity contribution is 9.10. The Morgan fingerprint density at radius 1 is 1.47 bits per heavy atom. The minimum Gasteiger partial charge on any atom is -0.319 e. The van der Waals surface area contributed by atoms with Crippen molar-refractivity contribution in [3.63, 3.8) is 0 Å². The van der Waals surface area contributed by atoms with Gasteiger partial charge in [0.1, 0.15) is 0 Å². The van der Waals surface area contributed by atoms with Crippen molar-refractivity contribution >= 4 is 39.7 Å². The van der Waals surface area contributed by atoms with Gasteiger partial charge >= 0.3 is 0 Å². The van der Waals surface area contributed by atoms with E-state index in [1.807, 2.05) is 11.3 Å². The number of hydrogen-bond acceptors (Lipinski definition) is 3. The van der Waals surface area contributed by atoms with Gasteiger partial charge in [0.05, 0.1) is 0 Å². The van der Waals surface area contributed by atoms with Gasteiger partial charge in [-0.1, -0.05) is 0 Å². The molecule has 2 nitrogen and oxygen atoms in total. The topological polar surface area (TPSA) is 15.3 Å². The molecule has 17 heavy (non-hydrogen) atoms. The van der Waals surface area contributed by atoms with Crippen LogP contribution in [0.15, 0.2) is 15.9 Å². The Kier molecular flexibility index (Phi) is 7.04. The third-order valence-electron chi connectivity index (χ3n) is 3.26. The summed E-state index contributed by atoms with van der Waals surface area (Å²) in [4.78, 5) is 4.04. The molecule has 0 atom stereocenters. The number of nitrogens with zero attached hydrogens (tertiary/aromatic N) is 1. The first-order valence-corrected chi connectivity index (χ1v) is 7.55. The van der Waals surface area contributed by atoms with E-state index in [0.717, 1.165) is 12.5 Å². The molecule has 1 saturated heterocycles. The Balaban J connectivity index is 0.00000144. The smallest absolute Gasteiger partial charge is 0.0339 e. The van der Waals surface area contributed by atoms with Crippen LogP contribution in [-0.2, 0) is 6.54 Å². The van der Waals surface area contributed by atoms with Crippen LogP contribution in [0.4, 0.5) is 0 Å². The van der Waals surface area contributed by atoms with Crippen LogP contribution < -0.4 is 5.32 Å². The first-order chi connectivity index (χ1) is 7.79. The third-order valence-corrected chi connectivity index (χ3v) is 5.17. The summed E-state index contributed by atoms with van der Waals surface area (Å²) in [6.45, 7) is 4.79. The average Bonchev–Trinajstić information content (AvgIpc) is 2.68. The molecular weight excluding hydrogens is 320 g/mol. The maximum absolute atomic E-state index is 3.60. The summed E-state index contributed by atoms with van der Waals surface area (Å²) in [5.74, 6) is 0.882. The number of likely N-dealkylation sites (tertiary alicyclic amines) is 1. The van der Waals surface area contributed by atoms with Crippen LogP contribution in [0.25, 0.3) is 0 Å².